The third-order valence-electron chi connectivity index (χ3n) is 12.1. The van der Waals surface area contributed by atoms with Gasteiger partial charge in [-0.1, -0.05) is 127 Å². The van der Waals surface area contributed by atoms with Gasteiger partial charge < -0.3 is 9.13 Å². The summed E-state index contributed by atoms with van der Waals surface area (Å²) >= 11 is 1.81. The summed E-state index contributed by atoms with van der Waals surface area (Å²) < 4.78 is 4.74. The lowest BCUT2D eigenvalue weighted by Gasteiger charge is -2.18. The largest absolute Gasteiger partial charge is 0.309 e. The molecule has 4 heteroatoms. The first-order chi connectivity index (χ1) is 29.7. The number of nitrogens with zero attached hydrogens (tertiary/aromatic N) is 3. The van der Waals surface area contributed by atoms with Gasteiger partial charge in [-0.25, -0.2) is 0 Å². The Morgan fingerprint density at radius 2 is 0.900 bits per heavy atom. The van der Waals surface area contributed by atoms with Crippen LogP contribution in [0.2, 0.25) is 0 Å². The number of hydrogen-bond acceptors (Lipinski definition) is 2. The first-order valence-electron chi connectivity index (χ1n) is 20.5. The summed E-state index contributed by atoms with van der Waals surface area (Å²) in [4.78, 5) is 7.81. The molecule has 0 fully saturated rings. The molecule has 0 saturated carbocycles. The predicted molar refractivity (Wildman–Crippen MR) is 254 cm³/mol. The quantitative estimate of drug-likeness (QED) is 0.174. The van der Waals surface area contributed by atoms with Gasteiger partial charge in [0, 0.05) is 59.5 Å². The third-order valence-corrected chi connectivity index (χ3v) is 13.2. The van der Waals surface area contributed by atoms with E-state index in [0.29, 0.717) is 0 Å². The predicted octanol–water partition coefficient (Wildman–Crippen LogP) is 15.5. The van der Waals surface area contributed by atoms with E-state index in [4.69, 9.17) is 4.99 Å². The van der Waals surface area contributed by atoms with Crippen molar-refractivity contribution in [1.29, 1.82) is 0 Å². The molecule has 1 aliphatic rings. The minimum atomic E-state index is 0.966. The summed E-state index contributed by atoms with van der Waals surface area (Å²) in [5.74, 6) is 0. The van der Waals surface area contributed by atoms with Crippen molar-refractivity contribution < 1.29 is 0 Å². The zero-order valence-electron chi connectivity index (χ0n) is 32.9. The third kappa shape index (κ3) is 5.56. The van der Waals surface area contributed by atoms with Crippen molar-refractivity contribution in [2.45, 2.75) is 16.7 Å². The second-order valence-electron chi connectivity index (χ2n) is 15.6. The second-order valence-corrected chi connectivity index (χ2v) is 16.7. The lowest BCUT2D eigenvalue weighted by atomic mass is 9.92. The van der Waals surface area contributed by atoms with E-state index in [1.165, 1.54) is 81.2 Å². The fraction of sp³-hybridized carbons (Fsp3) is 0.0179. The fourth-order valence-electron chi connectivity index (χ4n) is 9.31. The number of aromatic nitrogens is 2. The molecule has 0 amide bonds. The van der Waals surface area contributed by atoms with Gasteiger partial charge in [-0.2, -0.15) is 0 Å². The van der Waals surface area contributed by atoms with Crippen LogP contribution in [0.15, 0.2) is 221 Å². The molecular formula is C56H37N3S. The lowest BCUT2D eigenvalue weighted by Crippen LogP contribution is -2.00. The van der Waals surface area contributed by atoms with Gasteiger partial charge in [-0.15, -0.1) is 0 Å². The minimum Gasteiger partial charge on any atom is -0.309 e. The molecule has 0 N–H and O–H groups in total. The van der Waals surface area contributed by atoms with E-state index in [1.807, 2.05) is 11.8 Å². The van der Waals surface area contributed by atoms with Gasteiger partial charge in [0.1, 0.15) is 0 Å². The average Bonchev–Trinajstić information content (AvgIpc) is 3.82. The SMILES string of the molecule is CC1=Nc2ccccc2-c2cc(ccc2-c2ccc3c(c2)c2ccccc2n3-c2ccccc2)Sc2ccc(-c3ccc4c(c3)c3ccccc3n4-c3ccccc3)cc21. The summed E-state index contributed by atoms with van der Waals surface area (Å²) in [5.41, 5.74) is 17.3. The van der Waals surface area contributed by atoms with Gasteiger partial charge in [-0.3, -0.25) is 4.99 Å². The van der Waals surface area contributed by atoms with Crippen molar-refractivity contribution in [1.82, 2.24) is 9.13 Å². The van der Waals surface area contributed by atoms with Crippen LogP contribution < -0.4 is 0 Å². The standard InChI is InChI=1S/C56H37N3S/c1-36-47-32-38(37-24-29-54-49(33-37)45-19-9-12-22-52(45)58(54)40-14-4-2-5-15-40)26-31-56(47)60-42-27-28-43(48(35-42)44-18-8-11-21-51(44)57-36)39-25-30-55-50(34-39)46-20-10-13-23-53(46)59(55)41-16-6-3-7-17-41/h2-35H,1H3. The number of aliphatic imine (C=N–C) groups is 1. The van der Waals surface area contributed by atoms with Crippen LogP contribution in [0.25, 0.3) is 88.4 Å². The van der Waals surface area contributed by atoms with Crippen LogP contribution in [0.4, 0.5) is 5.69 Å². The summed E-state index contributed by atoms with van der Waals surface area (Å²) in [6, 6.07) is 75.0. The van der Waals surface area contributed by atoms with Crippen molar-refractivity contribution in [3.63, 3.8) is 0 Å². The highest BCUT2D eigenvalue weighted by molar-refractivity contribution is 7.99. The Balaban J connectivity index is 0.977. The van der Waals surface area contributed by atoms with Gasteiger partial charge in [0.2, 0.25) is 0 Å². The first-order valence-corrected chi connectivity index (χ1v) is 21.3. The van der Waals surface area contributed by atoms with Crippen LogP contribution >= 0.6 is 11.8 Å². The smallest absolute Gasteiger partial charge is 0.0711 e. The zero-order valence-corrected chi connectivity index (χ0v) is 33.7. The van der Waals surface area contributed by atoms with E-state index in [1.54, 1.807) is 0 Å². The molecule has 60 heavy (non-hydrogen) atoms. The Kier molecular flexibility index (Phi) is 8.00. The van der Waals surface area contributed by atoms with Gasteiger partial charge >= 0.3 is 0 Å². The Labute approximate surface area is 352 Å². The highest BCUT2D eigenvalue weighted by Crippen LogP contribution is 2.45. The molecular weight excluding hydrogens is 747 g/mol. The second kappa shape index (κ2) is 13.9. The molecule has 0 aliphatic carbocycles. The molecule has 2 aromatic heterocycles. The van der Waals surface area contributed by atoms with Crippen LogP contribution in [0.3, 0.4) is 0 Å². The van der Waals surface area contributed by atoms with Gasteiger partial charge in [0.15, 0.2) is 0 Å². The van der Waals surface area contributed by atoms with Crippen LogP contribution in [-0.2, 0) is 0 Å². The molecule has 12 rings (SSSR count). The monoisotopic (exact) mass is 783 g/mol. The normalized spacial score (nSPS) is 12.4. The molecule has 3 nitrogen and oxygen atoms in total. The molecule has 9 aromatic carbocycles. The first kappa shape index (κ1) is 34.6. The van der Waals surface area contributed by atoms with Crippen molar-refractivity contribution in [2.24, 2.45) is 4.99 Å². The van der Waals surface area contributed by atoms with E-state index >= 15 is 0 Å². The Morgan fingerprint density at radius 3 is 1.58 bits per heavy atom. The van der Waals surface area contributed by atoms with Crippen LogP contribution in [0, 0.1) is 0 Å². The molecule has 0 spiro atoms. The highest BCUT2D eigenvalue weighted by Gasteiger charge is 2.20. The van der Waals surface area contributed by atoms with E-state index in [-0.39, 0.29) is 0 Å². The molecule has 2 bridgehead atoms. The average molecular weight is 784 g/mol. The Morgan fingerprint density at radius 1 is 0.367 bits per heavy atom. The Hall–Kier alpha value is -7.40. The van der Waals surface area contributed by atoms with Gasteiger partial charge in [0.05, 0.1) is 27.8 Å². The molecule has 11 aromatic rings. The van der Waals surface area contributed by atoms with Gasteiger partial charge in [0.25, 0.3) is 0 Å². The van der Waals surface area contributed by atoms with Crippen LogP contribution in [0.1, 0.15) is 12.5 Å². The fourth-order valence-corrected chi connectivity index (χ4v) is 10.3. The number of rotatable bonds is 4. The van der Waals surface area contributed by atoms with Crippen molar-refractivity contribution in [2.75, 3.05) is 0 Å². The maximum atomic E-state index is 5.42. The van der Waals surface area contributed by atoms with E-state index in [9.17, 15) is 0 Å². The van der Waals surface area contributed by atoms with Crippen molar-refractivity contribution in [3.8, 4) is 44.8 Å². The zero-order chi connectivity index (χ0) is 39.7. The molecule has 1 aliphatic heterocycles. The van der Waals surface area contributed by atoms with Gasteiger partial charge in [-0.05, 0) is 126 Å². The minimum absolute atomic E-state index is 0.966. The molecule has 0 radical (unpaired) electrons. The summed E-state index contributed by atoms with van der Waals surface area (Å²) in [6.45, 7) is 2.16. The number of benzene rings is 9. The van der Waals surface area contributed by atoms with Crippen LogP contribution in [0.5, 0.6) is 0 Å². The topological polar surface area (TPSA) is 22.2 Å². The maximum Gasteiger partial charge on any atom is 0.0711 e. The number of fused-ring (bicyclic) bond motifs is 11. The maximum absolute atomic E-state index is 5.42. The molecule has 0 unspecified atom stereocenters. The number of para-hydroxylation sites is 5. The van der Waals surface area contributed by atoms with Crippen molar-refractivity contribution >= 4 is 66.8 Å². The summed E-state index contributed by atoms with van der Waals surface area (Å²) in [6.07, 6.45) is 0. The van der Waals surface area contributed by atoms with E-state index < -0.39 is 0 Å². The summed E-state index contributed by atoms with van der Waals surface area (Å²) in [7, 11) is 0. The number of hydrogen-bond donors (Lipinski definition) is 0. The van der Waals surface area contributed by atoms with E-state index in [2.05, 4.69) is 222 Å². The van der Waals surface area contributed by atoms with E-state index in [0.717, 1.165) is 33.9 Å². The highest BCUT2D eigenvalue weighted by atomic mass is 32.2. The molecule has 282 valence electrons. The molecule has 3 heterocycles. The van der Waals surface area contributed by atoms with Crippen LogP contribution in [-0.4, -0.2) is 14.8 Å². The molecule has 0 atom stereocenters. The summed E-state index contributed by atoms with van der Waals surface area (Å²) in [5, 5.41) is 4.98. The molecule has 0 saturated heterocycles. The van der Waals surface area contributed by atoms with Crippen molar-refractivity contribution in [3.05, 3.63) is 212 Å². The Bertz CT molecular complexity index is 3520. The lowest BCUT2D eigenvalue weighted by molar-refractivity contribution is 1.18.